The number of benzene rings is 1. The Kier molecular flexibility index (Phi) is 5.67. The van der Waals surface area contributed by atoms with Crippen LogP contribution in [0.25, 0.3) is 0 Å². The van der Waals surface area contributed by atoms with Crippen molar-refractivity contribution < 1.29 is 23.5 Å². The van der Waals surface area contributed by atoms with Crippen LogP contribution in [-0.4, -0.2) is 11.9 Å². The highest BCUT2D eigenvalue weighted by molar-refractivity contribution is 5.74. The van der Waals surface area contributed by atoms with E-state index in [9.17, 15) is 14.0 Å². The molecule has 0 aliphatic carbocycles. The Balaban J connectivity index is 2.68. The summed E-state index contributed by atoms with van der Waals surface area (Å²) in [5.74, 6) is -2.18. The molecule has 1 aromatic carbocycles. The second kappa shape index (κ2) is 7.03. The molecule has 4 nitrogen and oxygen atoms in total. The molecule has 5 heteroatoms. The molecule has 1 aromatic rings. The predicted molar refractivity (Wildman–Crippen MR) is 71.5 cm³/mol. The van der Waals surface area contributed by atoms with E-state index < -0.39 is 11.8 Å². The monoisotopic (exact) mass is 282 g/mol. The molecule has 0 bridgehead atoms. The van der Waals surface area contributed by atoms with Gasteiger partial charge >= 0.3 is 11.9 Å². The third-order valence-electron chi connectivity index (χ3n) is 2.53. The molecule has 0 aliphatic rings. The van der Waals surface area contributed by atoms with E-state index in [0.717, 1.165) is 0 Å². The average Bonchev–Trinajstić information content (AvgIpc) is 2.38. The molecule has 0 radical (unpaired) electrons. The SMILES string of the molecule is CC(C)C(=O)OCc1ccc(OC(=O)C(C)C)c(F)c1. The van der Waals surface area contributed by atoms with E-state index in [0.29, 0.717) is 5.56 Å². The summed E-state index contributed by atoms with van der Waals surface area (Å²) in [7, 11) is 0. The van der Waals surface area contributed by atoms with Crippen LogP contribution >= 0.6 is 0 Å². The lowest BCUT2D eigenvalue weighted by Gasteiger charge is -2.10. The molecule has 0 saturated carbocycles. The van der Waals surface area contributed by atoms with E-state index in [1.165, 1.54) is 12.1 Å². The maximum atomic E-state index is 13.7. The lowest BCUT2D eigenvalue weighted by Crippen LogP contribution is -2.15. The number of hydrogen-bond acceptors (Lipinski definition) is 4. The summed E-state index contributed by atoms with van der Waals surface area (Å²) in [5, 5.41) is 0. The van der Waals surface area contributed by atoms with Gasteiger partial charge in [0.05, 0.1) is 11.8 Å². The van der Waals surface area contributed by atoms with Crippen molar-refractivity contribution >= 4 is 11.9 Å². The molecule has 20 heavy (non-hydrogen) atoms. The molecule has 0 unspecified atom stereocenters. The maximum Gasteiger partial charge on any atom is 0.313 e. The zero-order valence-corrected chi connectivity index (χ0v) is 12.1. The van der Waals surface area contributed by atoms with E-state index >= 15 is 0 Å². The maximum absolute atomic E-state index is 13.7. The van der Waals surface area contributed by atoms with E-state index in [-0.39, 0.29) is 30.2 Å². The van der Waals surface area contributed by atoms with Crippen molar-refractivity contribution in [2.45, 2.75) is 34.3 Å². The molecule has 0 aliphatic heterocycles. The molecule has 110 valence electrons. The number of rotatable bonds is 5. The first-order valence-corrected chi connectivity index (χ1v) is 6.48. The summed E-state index contributed by atoms with van der Waals surface area (Å²) in [4.78, 5) is 22.7. The smallest absolute Gasteiger partial charge is 0.313 e. The second-order valence-corrected chi connectivity index (χ2v) is 5.10. The average molecular weight is 282 g/mol. The van der Waals surface area contributed by atoms with E-state index in [1.54, 1.807) is 33.8 Å². The Morgan fingerprint density at radius 1 is 1.10 bits per heavy atom. The van der Waals surface area contributed by atoms with Gasteiger partial charge in [-0.2, -0.15) is 0 Å². The molecular weight excluding hydrogens is 263 g/mol. The van der Waals surface area contributed by atoms with Crippen molar-refractivity contribution in [2.75, 3.05) is 0 Å². The number of carbonyl (C=O) groups excluding carboxylic acids is 2. The van der Waals surface area contributed by atoms with E-state index in [4.69, 9.17) is 9.47 Å². The van der Waals surface area contributed by atoms with Crippen molar-refractivity contribution in [3.8, 4) is 5.75 Å². The van der Waals surface area contributed by atoms with Crippen LogP contribution in [0.1, 0.15) is 33.3 Å². The van der Waals surface area contributed by atoms with Gasteiger partial charge in [-0.1, -0.05) is 33.8 Å². The lowest BCUT2D eigenvalue weighted by molar-refractivity contribution is -0.148. The number of halogens is 1. The molecule has 0 fully saturated rings. The lowest BCUT2D eigenvalue weighted by atomic mass is 10.2. The first-order chi connectivity index (χ1) is 9.31. The molecular formula is C15H19FO4. The van der Waals surface area contributed by atoms with Crippen LogP contribution in [0.4, 0.5) is 4.39 Å². The highest BCUT2D eigenvalue weighted by Gasteiger charge is 2.14. The van der Waals surface area contributed by atoms with Crippen LogP contribution in [-0.2, 0) is 20.9 Å². The summed E-state index contributed by atoms with van der Waals surface area (Å²) < 4.78 is 23.6. The zero-order valence-electron chi connectivity index (χ0n) is 12.1. The Bertz CT molecular complexity index is 495. The van der Waals surface area contributed by atoms with Crippen LogP contribution in [0.15, 0.2) is 18.2 Å². The topological polar surface area (TPSA) is 52.6 Å². The first kappa shape index (κ1) is 16.1. The van der Waals surface area contributed by atoms with Crippen molar-refractivity contribution in [1.29, 1.82) is 0 Å². The second-order valence-electron chi connectivity index (χ2n) is 5.10. The fourth-order valence-corrected chi connectivity index (χ4v) is 1.26. The normalized spacial score (nSPS) is 10.8. The number of esters is 2. The molecule has 0 aromatic heterocycles. The standard InChI is InChI=1S/C15H19FO4/c1-9(2)14(17)19-8-11-5-6-13(12(16)7-11)20-15(18)10(3)4/h5-7,9-10H,8H2,1-4H3. The third kappa shape index (κ3) is 4.64. The molecule has 0 saturated heterocycles. The Morgan fingerprint density at radius 2 is 1.70 bits per heavy atom. The first-order valence-electron chi connectivity index (χ1n) is 6.48. The zero-order chi connectivity index (χ0) is 15.3. The minimum atomic E-state index is -0.655. The van der Waals surface area contributed by atoms with Crippen LogP contribution in [0.2, 0.25) is 0 Å². The number of hydrogen-bond donors (Lipinski definition) is 0. The van der Waals surface area contributed by atoms with Gasteiger partial charge in [0.15, 0.2) is 11.6 Å². The molecule has 1 rings (SSSR count). The molecule has 0 amide bonds. The van der Waals surface area contributed by atoms with Crippen molar-refractivity contribution in [2.24, 2.45) is 11.8 Å². The van der Waals surface area contributed by atoms with Crippen molar-refractivity contribution in [3.63, 3.8) is 0 Å². The largest absolute Gasteiger partial charge is 0.461 e. The third-order valence-corrected chi connectivity index (χ3v) is 2.53. The molecule has 0 spiro atoms. The van der Waals surface area contributed by atoms with Gasteiger partial charge in [0.2, 0.25) is 0 Å². The van der Waals surface area contributed by atoms with Gasteiger partial charge < -0.3 is 9.47 Å². The van der Waals surface area contributed by atoms with Crippen LogP contribution in [0.5, 0.6) is 5.75 Å². The van der Waals surface area contributed by atoms with Gasteiger partial charge in [0.25, 0.3) is 0 Å². The Morgan fingerprint density at radius 3 is 2.20 bits per heavy atom. The van der Waals surface area contributed by atoms with Gasteiger partial charge in [0.1, 0.15) is 6.61 Å². The minimum Gasteiger partial charge on any atom is -0.461 e. The molecule has 0 N–H and O–H groups in total. The fourth-order valence-electron chi connectivity index (χ4n) is 1.26. The van der Waals surface area contributed by atoms with Crippen LogP contribution in [0, 0.1) is 17.7 Å². The van der Waals surface area contributed by atoms with Crippen LogP contribution in [0.3, 0.4) is 0 Å². The predicted octanol–water partition coefficient (Wildman–Crippen LogP) is 3.09. The summed E-state index contributed by atoms with van der Waals surface area (Å²) in [5.41, 5.74) is 0.501. The van der Waals surface area contributed by atoms with Gasteiger partial charge in [-0.15, -0.1) is 0 Å². The van der Waals surface area contributed by atoms with Gasteiger partial charge in [-0.05, 0) is 17.7 Å². The van der Waals surface area contributed by atoms with Crippen molar-refractivity contribution in [3.05, 3.63) is 29.6 Å². The summed E-state index contributed by atoms with van der Waals surface area (Å²) in [6.07, 6.45) is 0. The quantitative estimate of drug-likeness (QED) is 0.615. The van der Waals surface area contributed by atoms with E-state index in [2.05, 4.69) is 0 Å². The van der Waals surface area contributed by atoms with Gasteiger partial charge in [0, 0.05) is 0 Å². The Labute approximate surface area is 117 Å². The summed E-state index contributed by atoms with van der Waals surface area (Å²) in [6, 6.07) is 4.10. The summed E-state index contributed by atoms with van der Waals surface area (Å²) >= 11 is 0. The van der Waals surface area contributed by atoms with Gasteiger partial charge in [-0.25, -0.2) is 4.39 Å². The Hall–Kier alpha value is -1.91. The molecule has 0 atom stereocenters. The number of carbonyl (C=O) groups is 2. The molecule has 0 heterocycles. The minimum absolute atomic E-state index is 0.00760. The van der Waals surface area contributed by atoms with Crippen molar-refractivity contribution in [1.82, 2.24) is 0 Å². The highest BCUT2D eigenvalue weighted by Crippen LogP contribution is 2.20. The fraction of sp³-hybridized carbons (Fsp3) is 0.467. The summed E-state index contributed by atoms with van der Waals surface area (Å²) in [6.45, 7) is 6.76. The highest BCUT2D eigenvalue weighted by atomic mass is 19.1. The number of ether oxygens (including phenoxy) is 2. The van der Waals surface area contributed by atoms with Gasteiger partial charge in [-0.3, -0.25) is 9.59 Å². The van der Waals surface area contributed by atoms with Crippen LogP contribution < -0.4 is 4.74 Å². The van der Waals surface area contributed by atoms with E-state index in [1.807, 2.05) is 0 Å².